The number of aliphatic hydroxyl groups excluding tert-OH is 1. The highest BCUT2D eigenvalue weighted by Crippen LogP contribution is 2.32. The molecule has 0 spiro atoms. The zero-order valence-electron chi connectivity index (χ0n) is 9.16. The van der Waals surface area contributed by atoms with Crippen molar-refractivity contribution in [3.63, 3.8) is 0 Å². The summed E-state index contributed by atoms with van der Waals surface area (Å²) in [7, 11) is 0. The van der Waals surface area contributed by atoms with E-state index in [1.54, 1.807) is 24.3 Å². The second-order valence-electron chi connectivity index (χ2n) is 3.60. The van der Waals surface area contributed by atoms with Gasteiger partial charge in [-0.25, -0.2) is 4.39 Å². The molecule has 0 bridgehead atoms. The average Bonchev–Trinajstić information content (AvgIpc) is 2.34. The third-order valence-electron chi connectivity index (χ3n) is 2.29. The van der Waals surface area contributed by atoms with Crippen LogP contribution in [0.4, 0.5) is 4.39 Å². The summed E-state index contributed by atoms with van der Waals surface area (Å²) < 4.78 is 19.6. The molecule has 0 radical (unpaired) electrons. The highest BCUT2D eigenvalue weighted by atomic mass is 79.9. The first kappa shape index (κ1) is 13.3. The lowest BCUT2D eigenvalue weighted by Gasteiger charge is -2.09. The molecule has 0 unspecified atom stereocenters. The van der Waals surface area contributed by atoms with Gasteiger partial charge in [-0.05, 0) is 35.9 Å². The molecule has 0 amide bonds. The molecule has 2 rings (SSSR count). The van der Waals surface area contributed by atoms with E-state index in [2.05, 4.69) is 15.9 Å². The van der Waals surface area contributed by atoms with Crippen LogP contribution in [0.5, 0.6) is 11.5 Å². The van der Waals surface area contributed by atoms with Gasteiger partial charge in [0.2, 0.25) is 0 Å². The summed E-state index contributed by atoms with van der Waals surface area (Å²) in [6.45, 7) is -0.105. The van der Waals surface area contributed by atoms with E-state index in [0.717, 1.165) is 0 Å². The Morgan fingerprint density at radius 1 is 1.17 bits per heavy atom. The molecule has 0 aliphatic heterocycles. The van der Waals surface area contributed by atoms with Crippen LogP contribution in [0.25, 0.3) is 0 Å². The second kappa shape index (κ2) is 5.69. The van der Waals surface area contributed by atoms with Crippen LogP contribution in [0, 0.1) is 5.82 Å². The SMILES string of the molecule is OCc1ccc(Oc2ccc(Br)cc2F)c(Cl)c1. The maximum absolute atomic E-state index is 13.6. The quantitative estimate of drug-likeness (QED) is 0.895. The third kappa shape index (κ3) is 3.02. The number of rotatable bonds is 3. The first-order valence-corrected chi connectivity index (χ1v) is 6.29. The summed E-state index contributed by atoms with van der Waals surface area (Å²) in [6.07, 6.45) is 0. The van der Waals surface area contributed by atoms with Gasteiger partial charge >= 0.3 is 0 Å². The molecule has 0 aliphatic carbocycles. The van der Waals surface area contributed by atoms with Crippen molar-refractivity contribution >= 4 is 27.5 Å². The van der Waals surface area contributed by atoms with Crippen LogP contribution in [0.3, 0.4) is 0 Å². The van der Waals surface area contributed by atoms with Crippen molar-refractivity contribution < 1.29 is 14.2 Å². The summed E-state index contributed by atoms with van der Waals surface area (Å²) in [5.74, 6) is -0.0430. The molecule has 0 atom stereocenters. The van der Waals surface area contributed by atoms with Gasteiger partial charge in [0.15, 0.2) is 11.6 Å². The number of aliphatic hydroxyl groups is 1. The summed E-state index contributed by atoms with van der Waals surface area (Å²) in [4.78, 5) is 0. The Bertz CT molecular complexity index is 575. The van der Waals surface area contributed by atoms with Crippen LogP contribution < -0.4 is 4.74 Å². The summed E-state index contributed by atoms with van der Waals surface area (Å²) in [5, 5.41) is 9.28. The van der Waals surface area contributed by atoms with Gasteiger partial charge in [0.1, 0.15) is 5.75 Å². The van der Waals surface area contributed by atoms with E-state index < -0.39 is 5.82 Å². The normalized spacial score (nSPS) is 10.4. The van der Waals surface area contributed by atoms with Gasteiger partial charge in [-0.1, -0.05) is 33.6 Å². The van der Waals surface area contributed by atoms with Crippen molar-refractivity contribution in [3.05, 3.63) is 57.3 Å². The highest BCUT2D eigenvalue weighted by molar-refractivity contribution is 9.10. The lowest BCUT2D eigenvalue weighted by atomic mass is 10.2. The van der Waals surface area contributed by atoms with Crippen LogP contribution >= 0.6 is 27.5 Å². The third-order valence-corrected chi connectivity index (χ3v) is 3.08. The number of benzene rings is 2. The minimum absolute atomic E-state index is 0.0943. The topological polar surface area (TPSA) is 29.5 Å². The number of ether oxygens (including phenoxy) is 1. The van der Waals surface area contributed by atoms with Crippen molar-refractivity contribution in [1.82, 2.24) is 0 Å². The van der Waals surface area contributed by atoms with E-state index in [-0.39, 0.29) is 12.4 Å². The van der Waals surface area contributed by atoms with Crippen molar-refractivity contribution in [1.29, 1.82) is 0 Å². The van der Waals surface area contributed by atoms with Gasteiger partial charge in [-0.3, -0.25) is 0 Å². The molecule has 2 aromatic carbocycles. The van der Waals surface area contributed by atoms with E-state index in [1.165, 1.54) is 12.1 Å². The predicted octanol–water partition coefficient (Wildman–Crippen LogP) is 4.53. The number of halogens is 3. The highest BCUT2D eigenvalue weighted by Gasteiger charge is 2.08. The summed E-state index contributed by atoms with van der Waals surface area (Å²) in [6, 6.07) is 9.33. The maximum Gasteiger partial charge on any atom is 0.166 e. The fraction of sp³-hybridized carbons (Fsp3) is 0.0769. The van der Waals surface area contributed by atoms with E-state index in [1.807, 2.05) is 0 Å². The minimum Gasteiger partial charge on any atom is -0.453 e. The largest absolute Gasteiger partial charge is 0.453 e. The zero-order valence-corrected chi connectivity index (χ0v) is 11.5. The molecule has 1 N–H and O–H groups in total. The van der Waals surface area contributed by atoms with Gasteiger partial charge in [0, 0.05) is 4.47 Å². The van der Waals surface area contributed by atoms with Crippen molar-refractivity contribution in [3.8, 4) is 11.5 Å². The summed E-state index contributed by atoms with van der Waals surface area (Å²) >= 11 is 9.14. The zero-order chi connectivity index (χ0) is 13.1. The van der Waals surface area contributed by atoms with E-state index >= 15 is 0 Å². The minimum atomic E-state index is -0.480. The van der Waals surface area contributed by atoms with Crippen LogP contribution in [0.1, 0.15) is 5.56 Å². The first-order valence-electron chi connectivity index (χ1n) is 5.12. The first-order chi connectivity index (χ1) is 8.60. The Morgan fingerprint density at radius 3 is 2.50 bits per heavy atom. The molecular formula is C13H9BrClFO2. The molecular weight excluding hydrogens is 322 g/mol. The Hall–Kier alpha value is -1.10. The smallest absolute Gasteiger partial charge is 0.166 e. The molecule has 0 aromatic heterocycles. The fourth-order valence-electron chi connectivity index (χ4n) is 1.40. The van der Waals surface area contributed by atoms with Crippen LogP contribution in [-0.2, 0) is 6.61 Å². The molecule has 94 valence electrons. The standard InChI is InChI=1S/C13H9BrClFO2/c14-9-2-4-13(11(16)6-9)18-12-3-1-8(7-17)5-10(12)15/h1-6,17H,7H2. The molecule has 2 aromatic rings. The Balaban J connectivity index is 2.28. The van der Waals surface area contributed by atoms with Gasteiger partial charge in [-0.2, -0.15) is 0 Å². The monoisotopic (exact) mass is 330 g/mol. The summed E-state index contributed by atoms with van der Waals surface area (Å²) in [5.41, 5.74) is 0.670. The molecule has 5 heteroatoms. The van der Waals surface area contributed by atoms with E-state index in [9.17, 15) is 4.39 Å². The van der Waals surface area contributed by atoms with Crippen molar-refractivity contribution in [2.24, 2.45) is 0 Å². The molecule has 0 aliphatic rings. The van der Waals surface area contributed by atoms with Crippen LogP contribution in [-0.4, -0.2) is 5.11 Å². The lowest BCUT2D eigenvalue weighted by Crippen LogP contribution is -1.90. The Morgan fingerprint density at radius 2 is 1.89 bits per heavy atom. The molecule has 0 fully saturated rings. The van der Waals surface area contributed by atoms with Crippen molar-refractivity contribution in [2.75, 3.05) is 0 Å². The van der Waals surface area contributed by atoms with Crippen LogP contribution in [0.2, 0.25) is 5.02 Å². The molecule has 0 heterocycles. The van der Waals surface area contributed by atoms with E-state index in [0.29, 0.717) is 20.8 Å². The number of hydrogen-bond acceptors (Lipinski definition) is 2. The van der Waals surface area contributed by atoms with Gasteiger partial charge in [0.05, 0.1) is 11.6 Å². The maximum atomic E-state index is 13.6. The van der Waals surface area contributed by atoms with Gasteiger partial charge in [-0.15, -0.1) is 0 Å². The van der Waals surface area contributed by atoms with Gasteiger partial charge < -0.3 is 9.84 Å². The Labute approximate surface area is 117 Å². The molecule has 2 nitrogen and oxygen atoms in total. The molecule has 0 saturated carbocycles. The number of hydrogen-bond donors (Lipinski definition) is 1. The van der Waals surface area contributed by atoms with Gasteiger partial charge in [0.25, 0.3) is 0 Å². The van der Waals surface area contributed by atoms with Crippen LogP contribution in [0.15, 0.2) is 40.9 Å². The predicted molar refractivity (Wildman–Crippen MR) is 71.5 cm³/mol. The lowest BCUT2D eigenvalue weighted by molar-refractivity contribution is 0.281. The fourth-order valence-corrected chi connectivity index (χ4v) is 1.98. The van der Waals surface area contributed by atoms with E-state index in [4.69, 9.17) is 21.4 Å². The second-order valence-corrected chi connectivity index (χ2v) is 4.92. The molecule has 0 saturated heterocycles. The molecule has 18 heavy (non-hydrogen) atoms. The Kier molecular flexibility index (Phi) is 4.22. The van der Waals surface area contributed by atoms with Crippen molar-refractivity contribution in [2.45, 2.75) is 6.61 Å². The average molecular weight is 332 g/mol.